The smallest absolute Gasteiger partial charge is 0.282 e. The Hall–Kier alpha value is -1.20. The molecular formula is C8H7NO3S. The summed E-state index contributed by atoms with van der Waals surface area (Å²) in [5, 5.41) is 0. The monoisotopic (exact) mass is 197 g/mol. The lowest BCUT2D eigenvalue weighted by molar-refractivity contribution is 0.483. The summed E-state index contributed by atoms with van der Waals surface area (Å²) in [5.41, 5.74) is 1.60. The lowest BCUT2D eigenvalue weighted by Crippen LogP contribution is -1.98. The summed E-state index contributed by atoms with van der Waals surface area (Å²) in [5.74, 6) is 0. The van der Waals surface area contributed by atoms with Crippen molar-refractivity contribution in [3.05, 3.63) is 23.8 Å². The minimum Gasteiger partial charge on any atom is -0.282 e. The number of rotatable bonds is 1. The highest BCUT2D eigenvalue weighted by Crippen LogP contribution is 2.26. The van der Waals surface area contributed by atoms with Gasteiger partial charge in [-0.05, 0) is 23.8 Å². The average molecular weight is 197 g/mol. The lowest BCUT2D eigenvalue weighted by atomic mass is 10.2. The van der Waals surface area contributed by atoms with E-state index in [-0.39, 0.29) is 4.90 Å². The second-order valence-electron chi connectivity index (χ2n) is 2.78. The van der Waals surface area contributed by atoms with Gasteiger partial charge in [0.2, 0.25) is 0 Å². The summed E-state index contributed by atoms with van der Waals surface area (Å²) in [6, 6.07) is 4.37. The Morgan fingerprint density at radius 3 is 2.85 bits per heavy atom. The van der Waals surface area contributed by atoms with Crippen LogP contribution in [0.3, 0.4) is 0 Å². The van der Waals surface area contributed by atoms with Gasteiger partial charge in [0.15, 0.2) is 0 Å². The highest BCUT2D eigenvalue weighted by Gasteiger charge is 2.13. The van der Waals surface area contributed by atoms with Gasteiger partial charge < -0.3 is 0 Å². The lowest BCUT2D eigenvalue weighted by Gasteiger charge is -1.99. The summed E-state index contributed by atoms with van der Waals surface area (Å²) >= 11 is 0. The molecule has 1 aliphatic rings. The van der Waals surface area contributed by atoms with E-state index in [1.165, 1.54) is 12.1 Å². The molecule has 0 spiro atoms. The van der Waals surface area contributed by atoms with Crippen LogP contribution in [0.2, 0.25) is 0 Å². The molecule has 1 aliphatic heterocycles. The third-order valence-corrected chi connectivity index (χ3v) is 2.74. The SMILES string of the molecule is O=S(=O)(O)c1ccc2c(c1)CC=N2. The Balaban J connectivity index is 2.57. The zero-order chi connectivity index (χ0) is 9.47. The Morgan fingerprint density at radius 2 is 2.15 bits per heavy atom. The minimum atomic E-state index is -4.08. The molecule has 0 bridgehead atoms. The zero-order valence-electron chi connectivity index (χ0n) is 6.64. The summed E-state index contributed by atoms with van der Waals surface area (Å²) in [6.07, 6.45) is 2.33. The van der Waals surface area contributed by atoms with Gasteiger partial charge in [0, 0.05) is 12.6 Å². The molecule has 1 heterocycles. The van der Waals surface area contributed by atoms with Crippen molar-refractivity contribution in [2.24, 2.45) is 4.99 Å². The number of nitrogens with zero attached hydrogens (tertiary/aromatic N) is 1. The van der Waals surface area contributed by atoms with Crippen LogP contribution in [0, 0.1) is 0 Å². The number of hydrogen-bond donors (Lipinski definition) is 1. The molecule has 68 valence electrons. The first-order valence-corrected chi connectivity index (χ1v) is 5.14. The first-order chi connectivity index (χ1) is 6.07. The van der Waals surface area contributed by atoms with Gasteiger partial charge in [-0.2, -0.15) is 8.42 Å². The van der Waals surface area contributed by atoms with Crippen LogP contribution >= 0.6 is 0 Å². The van der Waals surface area contributed by atoms with E-state index in [9.17, 15) is 8.42 Å². The Morgan fingerprint density at radius 1 is 1.38 bits per heavy atom. The molecule has 0 aromatic heterocycles. The van der Waals surface area contributed by atoms with Crippen molar-refractivity contribution in [3.8, 4) is 0 Å². The third kappa shape index (κ3) is 1.48. The van der Waals surface area contributed by atoms with E-state index in [0.717, 1.165) is 11.3 Å². The number of benzene rings is 1. The van der Waals surface area contributed by atoms with Crippen LogP contribution in [0.5, 0.6) is 0 Å². The molecule has 4 nitrogen and oxygen atoms in total. The maximum absolute atomic E-state index is 10.7. The number of hydrogen-bond acceptors (Lipinski definition) is 3. The van der Waals surface area contributed by atoms with Crippen LogP contribution in [-0.2, 0) is 16.5 Å². The van der Waals surface area contributed by atoms with Crippen LogP contribution in [0.1, 0.15) is 5.56 Å². The van der Waals surface area contributed by atoms with Crippen molar-refractivity contribution in [1.82, 2.24) is 0 Å². The van der Waals surface area contributed by atoms with Crippen molar-refractivity contribution in [1.29, 1.82) is 0 Å². The van der Waals surface area contributed by atoms with E-state index in [1.807, 2.05) is 0 Å². The standard InChI is InChI=1S/C8H7NO3S/c10-13(11,12)7-1-2-8-6(5-7)3-4-9-8/h1-2,4-5H,3H2,(H,10,11,12). The molecule has 0 radical (unpaired) electrons. The van der Waals surface area contributed by atoms with Crippen LogP contribution in [0.15, 0.2) is 28.1 Å². The van der Waals surface area contributed by atoms with E-state index >= 15 is 0 Å². The van der Waals surface area contributed by atoms with Gasteiger partial charge in [-0.3, -0.25) is 9.55 Å². The normalized spacial score (nSPS) is 14.5. The molecule has 13 heavy (non-hydrogen) atoms. The molecule has 0 fully saturated rings. The quantitative estimate of drug-likeness (QED) is 0.687. The topological polar surface area (TPSA) is 66.7 Å². The van der Waals surface area contributed by atoms with Crippen molar-refractivity contribution in [2.75, 3.05) is 0 Å². The van der Waals surface area contributed by atoms with Crippen molar-refractivity contribution < 1.29 is 13.0 Å². The van der Waals surface area contributed by atoms with Gasteiger partial charge in [0.1, 0.15) is 0 Å². The third-order valence-electron chi connectivity index (χ3n) is 1.89. The largest absolute Gasteiger partial charge is 0.294 e. The maximum atomic E-state index is 10.7. The fourth-order valence-corrected chi connectivity index (χ4v) is 1.79. The molecular weight excluding hydrogens is 190 g/mol. The number of fused-ring (bicyclic) bond motifs is 1. The molecule has 0 atom stereocenters. The second kappa shape index (κ2) is 2.65. The van der Waals surface area contributed by atoms with Crippen LogP contribution in [-0.4, -0.2) is 19.2 Å². The first-order valence-electron chi connectivity index (χ1n) is 3.70. The van der Waals surface area contributed by atoms with Gasteiger partial charge >= 0.3 is 0 Å². The molecule has 0 saturated heterocycles. The second-order valence-corrected chi connectivity index (χ2v) is 4.20. The first kappa shape index (κ1) is 8.40. The molecule has 0 amide bonds. The molecule has 1 aromatic rings. The van der Waals surface area contributed by atoms with E-state index < -0.39 is 10.1 Å². The molecule has 5 heteroatoms. The number of aliphatic imine (C=N–C) groups is 1. The molecule has 1 N–H and O–H groups in total. The highest BCUT2D eigenvalue weighted by molar-refractivity contribution is 7.85. The maximum Gasteiger partial charge on any atom is 0.294 e. The molecule has 0 aliphatic carbocycles. The van der Waals surface area contributed by atoms with Gasteiger partial charge in [-0.15, -0.1) is 0 Å². The van der Waals surface area contributed by atoms with Gasteiger partial charge in [-0.25, -0.2) is 0 Å². The van der Waals surface area contributed by atoms with E-state index in [2.05, 4.69) is 4.99 Å². The predicted octanol–water partition coefficient (Wildman–Crippen LogP) is 1.19. The van der Waals surface area contributed by atoms with Crippen molar-refractivity contribution >= 4 is 22.0 Å². The Labute approximate surface area is 75.7 Å². The summed E-state index contributed by atoms with van der Waals surface area (Å²) in [6.45, 7) is 0. The van der Waals surface area contributed by atoms with Crippen molar-refractivity contribution in [3.63, 3.8) is 0 Å². The minimum absolute atomic E-state index is 0.0725. The molecule has 2 rings (SSSR count). The molecule has 1 aromatic carbocycles. The Kier molecular flexibility index (Phi) is 1.71. The van der Waals surface area contributed by atoms with Crippen LogP contribution in [0.25, 0.3) is 0 Å². The summed E-state index contributed by atoms with van der Waals surface area (Å²) < 4.78 is 30.2. The van der Waals surface area contributed by atoms with Gasteiger partial charge in [0.25, 0.3) is 10.1 Å². The van der Waals surface area contributed by atoms with Crippen LogP contribution in [0.4, 0.5) is 5.69 Å². The van der Waals surface area contributed by atoms with Crippen LogP contribution < -0.4 is 0 Å². The van der Waals surface area contributed by atoms with E-state index in [4.69, 9.17) is 4.55 Å². The van der Waals surface area contributed by atoms with Crippen molar-refractivity contribution in [2.45, 2.75) is 11.3 Å². The fourth-order valence-electron chi connectivity index (χ4n) is 1.25. The average Bonchev–Trinajstić information content (AvgIpc) is 2.47. The molecule has 0 saturated carbocycles. The highest BCUT2D eigenvalue weighted by atomic mass is 32.2. The Bertz CT molecular complexity index is 476. The summed E-state index contributed by atoms with van der Waals surface area (Å²) in [7, 11) is -4.08. The predicted molar refractivity (Wildman–Crippen MR) is 48.1 cm³/mol. The van der Waals surface area contributed by atoms with E-state index in [0.29, 0.717) is 6.42 Å². The molecule has 0 unspecified atom stereocenters. The van der Waals surface area contributed by atoms with Gasteiger partial charge in [-0.1, -0.05) is 0 Å². The van der Waals surface area contributed by atoms with Gasteiger partial charge in [0.05, 0.1) is 10.6 Å². The summed E-state index contributed by atoms with van der Waals surface area (Å²) in [4.78, 5) is 3.95. The van der Waals surface area contributed by atoms with E-state index in [1.54, 1.807) is 12.3 Å². The zero-order valence-corrected chi connectivity index (χ0v) is 7.45. The fraction of sp³-hybridized carbons (Fsp3) is 0.125.